The van der Waals surface area contributed by atoms with E-state index in [0.29, 0.717) is 33.6 Å². The van der Waals surface area contributed by atoms with Gasteiger partial charge >= 0.3 is 12.1 Å². The van der Waals surface area contributed by atoms with E-state index in [2.05, 4.69) is 29.6 Å². The van der Waals surface area contributed by atoms with Gasteiger partial charge in [-0.2, -0.15) is 0 Å². The van der Waals surface area contributed by atoms with Crippen LogP contribution < -0.4 is 11.1 Å². The normalized spacial score (nSPS) is 12.1. The van der Waals surface area contributed by atoms with Crippen LogP contribution in [-0.4, -0.2) is 25.8 Å². The molecule has 0 aromatic heterocycles. The van der Waals surface area contributed by atoms with Gasteiger partial charge in [0, 0.05) is 11.6 Å². The van der Waals surface area contributed by atoms with Crippen LogP contribution >= 0.6 is 0 Å². The SMILES string of the molecule is COC(=O)c1c(C)c(N)c(C)c(NC(=O)OCC2c3ccccc3-c3ccccc32)c1C. The molecule has 1 aliphatic carbocycles. The molecular weight excluding hydrogens is 404 g/mol. The Morgan fingerprint density at radius 3 is 2.03 bits per heavy atom. The Morgan fingerprint density at radius 1 is 0.906 bits per heavy atom. The van der Waals surface area contributed by atoms with Crippen molar-refractivity contribution in [3.05, 3.63) is 81.9 Å². The van der Waals surface area contributed by atoms with Crippen molar-refractivity contribution in [2.24, 2.45) is 0 Å². The van der Waals surface area contributed by atoms with Crippen LogP contribution in [0.1, 0.15) is 44.1 Å². The Kier molecular flexibility index (Phi) is 5.61. The molecule has 0 radical (unpaired) electrons. The van der Waals surface area contributed by atoms with Crippen molar-refractivity contribution in [1.82, 2.24) is 0 Å². The molecule has 0 saturated heterocycles. The van der Waals surface area contributed by atoms with Crippen molar-refractivity contribution < 1.29 is 19.1 Å². The van der Waals surface area contributed by atoms with Crippen molar-refractivity contribution >= 4 is 23.4 Å². The van der Waals surface area contributed by atoms with Gasteiger partial charge in [-0.3, -0.25) is 5.32 Å². The Hall–Kier alpha value is -3.80. The molecule has 1 aliphatic rings. The van der Waals surface area contributed by atoms with Crippen molar-refractivity contribution in [1.29, 1.82) is 0 Å². The molecule has 0 spiro atoms. The van der Waals surface area contributed by atoms with Crippen LogP contribution in [0.4, 0.5) is 16.2 Å². The van der Waals surface area contributed by atoms with Gasteiger partial charge in [-0.1, -0.05) is 48.5 Å². The summed E-state index contributed by atoms with van der Waals surface area (Å²) in [6, 6.07) is 16.3. The molecule has 3 aromatic carbocycles. The van der Waals surface area contributed by atoms with Crippen molar-refractivity contribution in [2.45, 2.75) is 26.7 Å². The summed E-state index contributed by atoms with van der Waals surface area (Å²) in [5, 5.41) is 2.79. The Balaban J connectivity index is 1.57. The number of methoxy groups -OCH3 is 1. The Bertz CT molecular complexity index is 1190. The smallest absolute Gasteiger partial charge is 0.411 e. The number of rotatable bonds is 4. The fraction of sp³-hybridized carbons (Fsp3) is 0.231. The van der Waals surface area contributed by atoms with Gasteiger partial charge in [-0.25, -0.2) is 9.59 Å². The summed E-state index contributed by atoms with van der Waals surface area (Å²) in [4.78, 5) is 25.0. The topological polar surface area (TPSA) is 90.6 Å². The molecular formula is C26H26N2O4. The summed E-state index contributed by atoms with van der Waals surface area (Å²) in [6.45, 7) is 5.52. The fourth-order valence-electron chi connectivity index (χ4n) is 4.57. The molecule has 3 N–H and O–H groups in total. The first-order valence-electron chi connectivity index (χ1n) is 10.4. The number of nitrogens with two attached hydrogens (primary N) is 1. The molecule has 4 rings (SSSR count). The molecule has 6 nitrogen and oxygen atoms in total. The lowest BCUT2D eigenvalue weighted by molar-refractivity contribution is 0.0599. The predicted octanol–water partition coefficient (Wildman–Crippen LogP) is 5.34. The molecule has 1 amide bonds. The number of anilines is 2. The second kappa shape index (κ2) is 8.38. The zero-order chi connectivity index (χ0) is 23.0. The molecule has 0 aliphatic heterocycles. The molecule has 6 heteroatoms. The van der Waals surface area contributed by atoms with E-state index in [1.165, 1.54) is 7.11 Å². The lowest BCUT2D eigenvalue weighted by Gasteiger charge is -2.20. The molecule has 0 heterocycles. The first-order valence-corrected chi connectivity index (χ1v) is 10.4. The van der Waals surface area contributed by atoms with Crippen LogP contribution in [0.25, 0.3) is 11.1 Å². The van der Waals surface area contributed by atoms with Gasteiger partial charge in [0.05, 0.1) is 18.4 Å². The fourth-order valence-corrected chi connectivity index (χ4v) is 4.57. The number of nitrogen functional groups attached to an aromatic ring is 1. The number of carbonyl (C=O) groups is 2. The Labute approximate surface area is 187 Å². The van der Waals surface area contributed by atoms with Crippen molar-refractivity contribution in [2.75, 3.05) is 24.8 Å². The van der Waals surface area contributed by atoms with E-state index in [9.17, 15) is 9.59 Å². The summed E-state index contributed by atoms with van der Waals surface area (Å²) in [5.74, 6) is -0.536. The minimum Gasteiger partial charge on any atom is -0.465 e. The zero-order valence-electron chi connectivity index (χ0n) is 18.6. The van der Waals surface area contributed by atoms with E-state index in [4.69, 9.17) is 15.2 Å². The van der Waals surface area contributed by atoms with Crippen molar-refractivity contribution in [3.63, 3.8) is 0 Å². The van der Waals surface area contributed by atoms with Crippen LogP contribution in [-0.2, 0) is 9.47 Å². The predicted molar refractivity (Wildman–Crippen MR) is 125 cm³/mol. The first kappa shape index (κ1) is 21.4. The van der Waals surface area contributed by atoms with Gasteiger partial charge in [-0.15, -0.1) is 0 Å². The van der Waals surface area contributed by atoms with E-state index >= 15 is 0 Å². The van der Waals surface area contributed by atoms with E-state index in [1.807, 2.05) is 24.3 Å². The molecule has 3 aromatic rings. The number of amides is 1. The third-order valence-electron chi connectivity index (χ3n) is 6.27. The molecule has 0 unspecified atom stereocenters. The lowest BCUT2D eigenvalue weighted by Crippen LogP contribution is -2.21. The molecule has 0 saturated carbocycles. The number of hydrogen-bond donors (Lipinski definition) is 2. The third kappa shape index (κ3) is 3.47. The number of carbonyl (C=O) groups excluding carboxylic acids is 2. The van der Waals surface area contributed by atoms with Gasteiger partial charge in [0.2, 0.25) is 0 Å². The largest absolute Gasteiger partial charge is 0.465 e. The highest BCUT2D eigenvalue weighted by atomic mass is 16.5. The summed E-state index contributed by atoms with van der Waals surface area (Å²) in [5.41, 5.74) is 14.0. The van der Waals surface area contributed by atoms with Crippen LogP contribution in [0.3, 0.4) is 0 Å². The van der Waals surface area contributed by atoms with E-state index in [-0.39, 0.29) is 12.5 Å². The average Bonchev–Trinajstić information content (AvgIpc) is 3.13. The zero-order valence-corrected chi connectivity index (χ0v) is 18.6. The van der Waals surface area contributed by atoms with Gasteiger partial charge in [0.1, 0.15) is 6.61 Å². The number of benzene rings is 3. The maximum atomic E-state index is 12.8. The number of esters is 1. The summed E-state index contributed by atoms with van der Waals surface area (Å²) in [7, 11) is 1.32. The van der Waals surface area contributed by atoms with Crippen LogP contribution in [0, 0.1) is 20.8 Å². The van der Waals surface area contributed by atoms with Gasteiger partial charge in [0.25, 0.3) is 0 Å². The average molecular weight is 431 g/mol. The number of fused-ring (bicyclic) bond motifs is 3. The molecule has 0 fully saturated rings. The standard InChI is InChI=1S/C26H26N2O4/c1-14-22(25(29)31-4)15(2)24(16(3)23(14)27)28-26(30)32-13-21-19-11-7-5-9-17(19)18-10-6-8-12-20(18)21/h5-12,21H,13,27H2,1-4H3,(H,28,30). The highest BCUT2D eigenvalue weighted by Gasteiger charge is 2.29. The summed E-state index contributed by atoms with van der Waals surface area (Å²) < 4.78 is 10.5. The van der Waals surface area contributed by atoms with Gasteiger partial charge in [-0.05, 0) is 59.7 Å². The van der Waals surface area contributed by atoms with Gasteiger partial charge < -0.3 is 15.2 Å². The maximum absolute atomic E-state index is 12.8. The van der Waals surface area contributed by atoms with Crippen LogP contribution in [0.2, 0.25) is 0 Å². The van der Waals surface area contributed by atoms with E-state index < -0.39 is 12.1 Å². The molecule has 164 valence electrons. The first-order chi connectivity index (χ1) is 15.3. The highest BCUT2D eigenvalue weighted by Crippen LogP contribution is 2.44. The summed E-state index contributed by atoms with van der Waals surface area (Å²) in [6.07, 6.45) is -0.600. The van der Waals surface area contributed by atoms with E-state index in [0.717, 1.165) is 22.3 Å². The number of ether oxygens (including phenoxy) is 2. The van der Waals surface area contributed by atoms with E-state index in [1.54, 1.807) is 20.8 Å². The van der Waals surface area contributed by atoms with Gasteiger partial charge in [0.15, 0.2) is 0 Å². The van der Waals surface area contributed by atoms with Crippen LogP contribution in [0.5, 0.6) is 0 Å². The number of nitrogens with one attached hydrogen (secondary N) is 1. The minimum atomic E-state index is -0.600. The second-order valence-electron chi connectivity index (χ2n) is 7.98. The number of hydrogen-bond acceptors (Lipinski definition) is 5. The summed E-state index contributed by atoms with van der Waals surface area (Å²) >= 11 is 0. The Morgan fingerprint density at radius 2 is 1.47 bits per heavy atom. The minimum absolute atomic E-state index is 0.0379. The quantitative estimate of drug-likeness (QED) is 0.431. The molecule has 0 atom stereocenters. The molecule has 32 heavy (non-hydrogen) atoms. The highest BCUT2D eigenvalue weighted by molar-refractivity contribution is 5.99. The molecule has 0 bridgehead atoms. The third-order valence-corrected chi connectivity index (χ3v) is 6.27. The van der Waals surface area contributed by atoms with Crippen molar-refractivity contribution in [3.8, 4) is 11.1 Å². The second-order valence-corrected chi connectivity index (χ2v) is 7.98. The maximum Gasteiger partial charge on any atom is 0.411 e. The van der Waals surface area contributed by atoms with Crippen LogP contribution in [0.15, 0.2) is 48.5 Å². The monoisotopic (exact) mass is 430 g/mol. The lowest BCUT2D eigenvalue weighted by atomic mass is 9.95.